The molecule has 0 saturated heterocycles. The van der Waals surface area contributed by atoms with Gasteiger partial charge in [-0.25, -0.2) is 14.1 Å². The van der Waals surface area contributed by atoms with E-state index in [2.05, 4.69) is 35.7 Å². The van der Waals surface area contributed by atoms with E-state index in [9.17, 15) is 9.18 Å². The maximum absolute atomic E-state index is 14.5. The number of carbonyl (C=O) groups excluding carboxylic acids is 1. The summed E-state index contributed by atoms with van der Waals surface area (Å²) in [5, 5.41) is 15.0. The van der Waals surface area contributed by atoms with Gasteiger partial charge in [0.15, 0.2) is 5.69 Å². The van der Waals surface area contributed by atoms with Crippen molar-refractivity contribution in [1.82, 2.24) is 35.1 Å². The standard InChI is InChI=1S/C22H15FN8O2/c1-13(32)26-18-7-6-15(12-25-18)21-27-22(33-29-21)19-20(14-8-10-24-11-9-14)31(30-28-19)17-5-3-2-4-16(17)23/h2-12H,1H3,(H,25,26,32). The smallest absolute Gasteiger partial charge is 0.281 e. The molecule has 0 aliphatic heterocycles. The van der Waals surface area contributed by atoms with Crippen molar-refractivity contribution in [3.63, 3.8) is 0 Å². The summed E-state index contributed by atoms with van der Waals surface area (Å²) in [5.74, 6) is 0.0978. The van der Waals surface area contributed by atoms with Gasteiger partial charge in [-0.3, -0.25) is 9.78 Å². The summed E-state index contributed by atoms with van der Waals surface area (Å²) in [6.07, 6.45) is 4.73. The van der Waals surface area contributed by atoms with Gasteiger partial charge in [0.1, 0.15) is 23.0 Å². The lowest BCUT2D eigenvalue weighted by Crippen LogP contribution is -2.06. The summed E-state index contributed by atoms with van der Waals surface area (Å²) in [5.41, 5.74) is 2.24. The highest BCUT2D eigenvalue weighted by molar-refractivity contribution is 5.87. The molecule has 0 aliphatic rings. The zero-order valence-electron chi connectivity index (χ0n) is 17.2. The normalized spacial score (nSPS) is 10.8. The third kappa shape index (κ3) is 3.94. The quantitative estimate of drug-likeness (QED) is 0.438. The van der Waals surface area contributed by atoms with Gasteiger partial charge in [0.2, 0.25) is 11.7 Å². The Morgan fingerprint density at radius 2 is 1.88 bits per heavy atom. The van der Waals surface area contributed by atoms with Crippen molar-refractivity contribution in [3.05, 3.63) is 72.9 Å². The van der Waals surface area contributed by atoms with Gasteiger partial charge in [-0.15, -0.1) is 5.10 Å². The van der Waals surface area contributed by atoms with E-state index in [0.717, 1.165) is 0 Å². The fourth-order valence-corrected chi connectivity index (χ4v) is 3.20. The Hall–Kier alpha value is -4.80. The fourth-order valence-electron chi connectivity index (χ4n) is 3.20. The predicted octanol–water partition coefficient (Wildman–Crippen LogP) is 3.54. The number of rotatable bonds is 5. The number of nitrogens with zero attached hydrogens (tertiary/aromatic N) is 7. The van der Waals surface area contributed by atoms with Gasteiger partial charge >= 0.3 is 0 Å². The van der Waals surface area contributed by atoms with Gasteiger partial charge in [-0.05, 0) is 36.4 Å². The summed E-state index contributed by atoms with van der Waals surface area (Å²) < 4.78 is 21.4. The van der Waals surface area contributed by atoms with Gasteiger partial charge in [0, 0.05) is 36.6 Å². The second-order valence-corrected chi connectivity index (χ2v) is 6.92. The molecular formula is C22H15FN8O2. The number of aromatic nitrogens is 7. The summed E-state index contributed by atoms with van der Waals surface area (Å²) in [4.78, 5) is 23.8. The molecule has 0 radical (unpaired) electrons. The number of pyridine rings is 2. The Morgan fingerprint density at radius 1 is 1.06 bits per heavy atom. The minimum Gasteiger partial charge on any atom is -0.332 e. The number of hydrogen-bond donors (Lipinski definition) is 1. The van der Waals surface area contributed by atoms with E-state index < -0.39 is 5.82 Å². The Labute approximate surface area is 186 Å². The van der Waals surface area contributed by atoms with E-state index in [4.69, 9.17) is 4.52 Å². The lowest BCUT2D eigenvalue weighted by Gasteiger charge is -2.08. The van der Waals surface area contributed by atoms with Crippen LogP contribution in [-0.4, -0.2) is 41.0 Å². The molecule has 11 heteroatoms. The average molecular weight is 442 g/mol. The van der Waals surface area contributed by atoms with Crippen molar-refractivity contribution in [2.75, 3.05) is 5.32 Å². The van der Waals surface area contributed by atoms with Crippen molar-refractivity contribution in [3.8, 4) is 39.9 Å². The van der Waals surface area contributed by atoms with E-state index in [1.165, 1.54) is 23.9 Å². The van der Waals surface area contributed by atoms with Crippen molar-refractivity contribution in [2.45, 2.75) is 6.92 Å². The molecule has 5 rings (SSSR count). The first-order valence-corrected chi connectivity index (χ1v) is 9.79. The topological polar surface area (TPSA) is 125 Å². The second kappa shape index (κ2) is 8.38. The Kier molecular flexibility index (Phi) is 5.11. The molecule has 0 fully saturated rings. The summed E-state index contributed by atoms with van der Waals surface area (Å²) >= 11 is 0. The predicted molar refractivity (Wildman–Crippen MR) is 115 cm³/mol. The van der Waals surface area contributed by atoms with Crippen LogP contribution in [0.4, 0.5) is 10.2 Å². The lowest BCUT2D eigenvalue weighted by molar-refractivity contribution is -0.114. The molecule has 0 spiro atoms. The largest absolute Gasteiger partial charge is 0.332 e. The lowest BCUT2D eigenvalue weighted by atomic mass is 10.1. The molecule has 4 heterocycles. The third-order valence-electron chi connectivity index (χ3n) is 4.66. The minimum atomic E-state index is -0.458. The van der Waals surface area contributed by atoms with Crippen LogP contribution in [-0.2, 0) is 4.79 Å². The van der Waals surface area contributed by atoms with Crippen LogP contribution in [0.2, 0.25) is 0 Å². The van der Waals surface area contributed by atoms with Crippen LogP contribution in [0.25, 0.3) is 39.9 Å². The molecule has 0 bridgehead atoms. The number of hydrogen-bond acceptors (Lipinski definition) is 8. The highest BCUT2D eigenvalue weighted by Gasteiger charge is 2.24. The number of nitrogens with one attached hydrogen (secondary N) is 1. The molecule has 10 nitrogen and oxygen atoms in total. The SMILES string of the molecule is CC(=O)Nc1ccc(-c2noc(-c3nnn(-c4ccccc4F)c3-c3ccncc3)n2)cn1. The number of anilines is 1. The minimum absolute atomic E-state index is 0.102. The highest BCUT2D eigenvalue weighted by Crippen LogP contribution is 2.32. The molecule has 1 aromatic carbocycles. The van der Waals surface area contributed by atoms with Gasteiger partial charge in [-0.2, -0.15) is 4.98 Å². The van der Waals surface area contributed by atoms with Crippen LogP contribution >= 0.6 is 0 Å². The van der Waals surface area contributed by atoms with Crippen LogP contribution in [0.15, 0.2) is 71.6 Å². The zero-order chi connectivity index (χ0) is 22.8. The van der Waals surface area contributed by atoms with Crippen molar-refractivity contribution in [1.29, 1.82) is 0 Å². The van der Waals surface area contributed by atoms with E-state index in [1.807, 2.05) is 0 Å². The monoisotopic (exact) mass is 442 g/mol. The van der Waals surface area contributed by atoms with Gasteiger partial charge in [0.25, 0.3) is 5.89 Å². The van der Waals surface area contributed by atoms with Gasteiger partial charge in [-0.1, -0.05) is 22.5 Å². The Balaban J connectivity index is 1.58. The summed E-state index contributed by atoms with van der Waals surface area (Å²) in [6, 6.07) is 13.1. The van der Waals surface area contributed by atoms with Crippen molar-refractivity contribution < 1.29 is 13.7 Å². The van der Waals surface area contributed by atoms with Crippen LogP contribution in [0.3, 0.4) is 0 Å². The number of carbonyl (C=O) groups is 1. The van der Waals surface area contributed by atoms with Crippen LogP contribution < -0.4 is 5.32 Å². The van der Waals surface area contributed by atoms with Crippen molar-refractivity contribution in [2.24, 2.45) is 0 Å². The van der Waals surface area contributed by atoms with Crippen LogP contribution in [0, 0.1) is 5.82 Å². The molecular weight excluding hydrogens is 427 g/mol. The number of halogens is 1. The Morgan fingerprint density at radius 3 is 2.61 bits per heavy atom. The molecule has 162 valence electrons. The molecule has 1 N–H and O–H groups in total. The van der Waals surface area contributed by atoms with E-state index in [-0.39, 0.29) is 29.0 Å². The molecule has 33 heavy (non-hydrogen) atoms. The van der Waals surface area contributed by atoms with Gasteiger partial charge in [0.05, 0.1) is 0 Å². The van der Waals surface area contributed by atoms with Crippen LogP contribution in [0.1, 0.15) is 6.92 Å². The number of benzene rings is 1. The fraction of sp³-hybridized carbons (Fsp3) is 0.0455. The maximum Gasteiger partial charge on any atom is 0.281 e. The van der Waals surface area contributed by atoms with Crippen molar-refractivity contribution >= 4 is 11.7 Å². The molecule has 0 saturated carbocycles. The average Bonchev–Trinajstić information content (AvgIpc) is 3.48. The zero-order valence-corrected chi connectivity index (χ0v) is 17.2. The maximum atomic E-state index is 14.5. The van der Waals surface area contributed by atoms with E-state index in [1.54, 1.807) is 54.9 Å². The first kappa shape index (κ1) is 20.1. The molecule has 4 aromatic heterocycles. The Bertz CT molecular complexity index is 1430. The molecule has 0 unspecified atom stereocenters. The van der Waals surface area contributed by atoms with Crippen LogP contribution in [0.5, 0.6) is 0 Å². The number of amides is 1. The second-order valence-electron chi connectivity index (χ2n) is 6.92. The third-order valence-corrected chi connectivity index (χ3v) is 4.66. The van der Waals surface area contributed by atoms with Gasteiger partial charge < -0.3 is 9.84 Å². The molecule has 1 amide bonds. The molecule has 0 aliphatic carbocycles. The summed E-state index contributed by atoms with van der Waals surface area (Å²) in [7, 11) is 0. The first-order chi connectivity index (χ1) is 16.1. The molecule has 0 atom stereocenters. The van der Waals surface area contributed by atoms with E-state index >= 15 is 0 Å². The number of para-hydroxylation sites is 1. The highest BCUT2D eigenvalue weighted by atomic mass is 19.1. The summed E-state index contributed by atoms with van der Waals surface area (Å²) in [6.45, 7) is 1.40. The first-order valence-electron chi connectivity index (χ1n) is 9.79. The van der Waals surface area contributed by atoms with E-state index in [0.29, 0.717) is 22.6 Å². The molecule has 5 aromatic rings.